The molecule has 0 aromatic carbocycles. The molecule has 29 heavy (non-hydrogen) atoms. The lowest BCUT2D eigenvalue weighted by Gasteiger charge is -2.32. The Hall–Kier alpha value is -3.10. The first-order valence-electron chi connectivity index (χ1n) is 9.19. The van der Waals surface area contributed by atoms with E-state index in [2.05, 4.69) is 9.97 Å². The average molecular weight is 405 g/mol. The Bertz CT molecular complexity index is 1130. The molecule has 1 aliphatic heterocycles. The molecular weight excluding hydrogens is 387 g/mol. The SMILES string of the molecule is Cc1ccc(C(=O)N2CCC[C@@H](c3cc4nc(C(F)(F)F)ccc4c(=O)[nH]3)C2)o1. The van der Waals surface area contributed by atoms with Crippen LogP contribution in [0.2, 0.25) is 0 Å². The Labute approximate surface area is 163 Å². The minimum atomic E-state index is -4.59. The molecule has 0 unspecified atom stereocenters. The monoisotopic (exact) mass is 405 g/mol. The largest absolute Gasteiger partial charge is 0.456 e. The number of furan rings is 1. The van der Waals surface area contributed by atoms with Crippen molar-refractivity contribution in [3.8, 4) is 0 Å². The Balaban J connectivity index is 1.64. The lowest BCUT2D eigenvalue weighted by molar-refractivity contribution is -0.140. The number of fused-ring (bicyclic) bond motifs is 1. The van der Waals surface area contributed by atoms with Gasteiger partial charge in [-0.05, 0) is 50.1 Å². The highest BCUT2D eigenvalue weighted by Crippen LogP contribution is 2.30. The van der Waals surface area contributed by atoms with E-state index in [1.54, 1.807) is 24.0 Å². The zero-order chi connectivity index (χ0) is 20.8. The van der Waals surface area contributed by atoms with E-state index < -0.39 is 17.4 Å². The van der Waals surface area contributed by atoms with E-state index in [1.165, 1.54) is 6.07 Å². The Morgan fingerprint density at radius 1 is 1.28 bits per heavy atom. The standard InChI is InChI=1S/C20H18F3N3O3/c1-11-4-6-16(29-11)19(28)26-8-2-3-12(10-26)14-9-15-13(18(27)25-14)5-7-17(24-15)20(21,22)23/h4-7,9,12H,2-3,8,10H2,1H3,(H,25,27)/t12-/m1/s1. The van der Waals surface area contributed by atoms with E-state index in [-0.39, 0.29) is 28.5 Å². The number of aromatic nitrogens is 2. The van der Waals surface area contributed by atoms with Gasteiger partial charge in [-0.3, -0.25) is 9.59 Å². The predicted octanol–water partition coefficient (Wildman–Crippen LogP) is 3.86. The molecule has 0 bridgehead atoms. The molecule has 0 aliphatic carbocycles. The normalized spacial score (nSPS) is 17.7. The number of H-pyrrole nitrogens is 1. The van der Waals surface area contributed by atoms with Crippen molar-refractivity contribution < 1.29 is 22.4 Å². The highest BCUT2D eigenvalue weighted by molar-refractivity contribution is 5.91. The fourth-order valence-corrected chi connectivity index (χ4v) is 3.66. The fourth-order valence-electron chi connectivity index (χ4n) is 3.66. The summed E-state index contributed by atoms with van der Waals surface area (Å²) < 4.78 is 44.3. The van der Waals surface area contributed by atoms with Crippen LogP contribution in [0.4, 0.5) is 13.2 Å². The molecule has 4 rings (SSSR count). The number of carbonyl (C=O) groups excluding carboxylic acids is 1. The van der Waals surface area contributed by atoms with Crippen LogP contribution in [-0.2, 0) is 6.18 Å². The van der Waals surface area contributed by atoms with Crippen LogP contribution < -0.4 is 5.56 Å². The molecule has 3 aromatic heterocycles. The summed E-state index contributed by atoms with van der Waals surface area (Å²) in [4.78, 5) is 33.0. The van der Waals surface area contributed by atoms with Gasteiger partial charge in [-0.2, -0.15) is 13.2 Å². The lowest BCUT2D eigenvalue weighted by Crippen LogP contribution is -2.39. The third-order valence-corrected chi connectivity index (χ3v) is 5.11. The highest BCUT2D eigenvalue weighted by atomic mass is 19.4. The first-order chi connectivity index (χ1) is 13.7. The molecular formula is C20H18F3N3O3. The number of hydrogen-bond acceptors (Lipinski definition) is 4. The van der Waals surface area contributed by atoms with Crippen molar-refractivity contribution in [1.82, 2.24) is 14.9 Å². The molecule has 1 amide bonds. The van der Waals surface area contributed by atoms with Gasteiger partial charge in [-0.15, -0.1) is 0 Å². The number of piperidine rings is 1. The predicted molar refractivity (Wildman–Crippen MR) is 98.7 cm³/mol. The Morgan fingerprint density at radius 2 is 2.07 bits per heavy atom. The van der Waals surface area contributed by atoms with Gasteiger partial charge in [0.05, 0.1) is 10.9 Å². The molecule has 0 saturated carbocycles. The zero-order valence-corrected chi connectivity index (χ0v) is 15.5. The van der Waals surface area contributed by atoms with Crippen LogP contribution in [0.5, 0.6) is 0 Å². The molecule has 0 spiro atoms. The molecule has 6 nitrogen and oxygen atoms in total. The number of amides is 1. The van der Waals surface area contributed by atoms with Crippen molar-refractivity contribution in [2.75, 3.05) is 13.1 Å². The summed E-state index contributed by atoms with van der Waals surface area (Å²) in [5.74, 6) is 0.416. The average Bonchev–Trinajstić information content (AvgIpc) is 3.12. The van der Waals surface area contributed by atoms with Crippen LogP contribution in [-0.4, -0.2) is 33.9 Å². The van der Waals surface area contributed by atoms with E-state index >= 15 is 0 Å². The molecule has 1 atom stereocenters. The first kappa shape index (κ1) is 19.2. The molecule has 9 heteroatoms. The van der Waals surface area contributed by atoms with Crippen LogP contribution >= 0.6 is 0 Å². The van der Waals surface area contributed by atoms with Crippen molar-refractivity contribution in [1.29, 1.82) is 0 Å². The van der Waals surface area contributed by atoms with E-state index in [4.69, 9.17) is 4.42 Å². The van der Waals surface area contributed by atoms with Gasteiger partial charge < -0.3 is 14.3 Å². The molecule has 0 radical (unpaired) electrons. The van der Waals surface area contributed by atoms with E-state index in [0.717, 1.165) is 12.1 Å². The third kappa shape index (κ3) is 3.76. The van der Waals surface area contributed by atoms with Gasteiger partial charge in [0.25, 0.3) is 11.5 Å². The Kier molecular flexibility index (Phi) is 4.68. The van der Waals surface area contributed by atoms with Crippen LogP contribution in [0, 0.1) is 6.92 Å². The number of hydrogen-bond donors (Lipinski definition) is 1. The molecule has 1 N–H and O–H groups in total. The first-order valence-corrected chi connectivity index (χ1v) is 9.19. The maximum atomic E-state index is 13.0. The molecule has 1 aliphatic rings. The number of aryl methyl sites for hydroxylation is 1. The summed E-state index contributed by atoms with van der Waals surface area (Å²) in [5, 5.41) is 0.0940. The van der Waals surface area contributed by atoms with Gasteiger partial charge in [0.15, 0.2) is 5.76 Å². The van der Waals surface area contributed by atoms with E-state index in [0.29, 0.717) is 37.4 Å². The van der Waals surface area contributed by atoms with Crippen molar-refractivity contribution in [2.24, 2.45) is 0 Å². The van der Waals surface area contributed by atoms with Gasteiger partial charge in [0.2, 0.25) is 0 Å². The van der Waals surface area contributed by atoms with Crippen molar-refractivity contribution in [3.63, 3.8) is 0 Å². The minimum Gasteiger partial charge on any atom is -0.456 e. The van der Waals surface area contributed by atoms with Gasteiger partial charge in [-0.1, -0.05) is 0 Å². The zero-order valence-electron chi connectivity index (χ0n) is 15.5. The number of rotatable bonds is 2. The fraction of sp³-hybridized carbons (Fsp3) is 0.350. The van der Waals surface area contributed by atoms with Crippen molar-refractivity contribution in [2.45, 2.75) is 31.9 Å². The number of halogens is 3. The number of aromatic amines is 1. The molecule has 1 saturated heterocycles. The summed E-state index contributed by atoms with van der Waals surface area (Å²) in [6.45, 7) is 2.63. The summed E-state index contributed by atoms with van der Waals surface area (Å²) >= 11 is 0. The third-order valence-electron chi connectivity index (χ3n) is 5.11. The number of likely N-dealkylation sites (tertiary alicyclic amines) is 1. The van der Waals surface area contributed by atoms with Crippen molar-refractivity contribution >= 4 is 16.8 Å². The second-order valence-corrected chi connectivity index (χ2v) is 7.18. The number of carbonyl (C=O) groups is 1. The lowest BCUT2D eigenvalue weighted by atomic mass is 9.93. The van der Waals surface area contributed by atoms with Crippen LogP contribution in [0.1, 0.15) is 46.5 Å². The maximum absolute atomic E-state index is 13.0. The summed E-state index contributed by atoms with van der Waals surface area (Å²) in [5.41, 5.74) is -1.08. The summed E-state index contributed by atoms with van der Waals surface area (Å²) in [6, 6.07) is 6.72. The van der Waals surface area contributed by atoms with Crippen LogP contribution in [0.3, 0.4) is 0 Å². The van der Waals surface area contributed by atoms with Crippen LogP contribution in [0.15, 0.2) is 39.5 Å². The second-order valence-electron chi connectivity index (χ2n) is 7.18. The number of pyridine rings is 2. The van der Waals surface area contributed by atoms with E-state index in [1.807, 2.05) is 0 Å². The van der Waals surface area contributed by atoms with Crippen LogP contribution in [0.25, 0.3) is 10.9 Å². The van der Waals surface area contributed by atoms with Gasteiger partial charge >= 0.3 is 6.18 Å². The maximum Gasteiger partial charge on any atom is 0.433 e. The quantitative estimate of drug-likeness (QED) is 0.702. The highest BCUT2D eigenvalue weighted by Gasteiger charge is 2.33. The smallest absolute Gasteiger partial charge is 0.433 e. The second kappa shape index (κ2) is 7.06. The Morgan fingerprint density at radius 3 is 2.76 bits per heavy atom. The molecule has 4 heterocycles. The van der Waals surface area contributed by atoms with E-state index in [9.17, 15) is 22.8 Å². The van der Waals surface area contributed by atoms with Crippen molar-refractivity contribution in [3.05, 3.63) is 63.6 Å². The van der Waals surface area contributed by atoms with Gasteiger partial charge in [0.1, 0.15) is 11.5 Å². The molecule has 152 valence electrons. The molecule has 1 fully saturated rings. The summed E-state index contributed by atoms with van der Waals surface area (Å²) in [7, 11) is 0. The minimum absolute atomic E-state index is 0.0105. The number of nitrogens with one attached hydrogen (secondary N) is 1. The van der Waals surface area contributed by atoms with Gasteiger partial charge in [-0.25, -0.2) is 4.98 Å². The topological polar surface area (TPSA) is 79.2 Å². The number of nitrogens with zero attached hydrogens (tertiary/aromatic N) is 2. The van der Waals surface area contributed by atoms with Gasteiger partial charge in [0, 0.05) is 24.7 Å². The number of alkyl halides is 3. The molecule has 3 aromatic rings. The summed E-state index contributed by atoms with van der Waals surface area (Å²) in [6.07, 6.45) is -3.19.